The lowest BCUT2D eigenvalue weighted by Crippen LogP contribution is -2.58. The maximum absolute atomic E-state index is 12.7. The van der Waals surface area contributed by atoms with E-state index in [4.69, 9.17) is 0 Å². The molecule has 0 radical (unpaired) electrons. The molecule has 21 heavy (non-hydrogen) atoms. The van der Waals surface area contributed by atoms with Crippen LogP contribution < -0.4 is 5.32 Å². The van der Waals surface area contributed by atoms with Crippen LogP contribution in [0.25, 0.3) is 0 Å². The van der Waals surface area contributed by atoms with Gasteiger partial charge < -0.3 is 5.32 Å². The zero-order chi connectivity index (χ0) is 15.3. The Morgan fingerprint density at radius 2 is 2.14 bits per heavy atom. The molecule has 2 heterocycles. The van der Waals surface area contributed by atoms with Crippen molar-refractivity contribution in [1.82, 2.24) is 14.6 Å². The first-order valence-electron chi connectivity index (χ1n) is 7.69. The predicted octanol–water partition coefficient (Wildman–Crippen LogP) is 1.42. The highest BCUT2D eigenvalue weighted by molar-refractivity contribution is 7.89. The molecule has 1 aliphatic rings. The number of aromatic nitrogens is 1. The number of sulfonamides is 1. The zero-order valence-electron chi connectivity index (χ0n) is 12.8. The summed E-state index contributed by atoms with van der Waals surface area (Å²) in [6.45, 7) is 5.46. The largest absolute Gasteiger partial charge is 0.311 e. The van der Waals surface area contributed by atoms with Gasteiger partial charge in [-0.3, -0.25) is 4.98 Å². The molecule has 0 aromatic carbocycles. The SMILES string of the molecule is CCC1CN(S(=O)(=O)CCc2ccccn2)C(CC)CN1. The van der Waals surface area contributed by atoms with Crippen molar-refractivity contribution in [3.63, 3.8) is 0 Å². The van der Waals surface area contributed by atoms with E-state index in [2.05, 4.69) is 17.2 Å². The quantitative estimate of drug-likeness (QED) is 0.863. The van der Waals surface area contributed by atoms with Crippen molar-refractivity contribution in [2.75, 3.05) is 18.8 Å². The molecule has 1 aliphatic heterocycles. The summed E-state index contributed by atoms with van der Waals surface area (Å²) in [6, 6.07) is 5.94. The maximum Gasteiger partial charge on any atom is 0.214 e. The van der Waals surface area contributed by atoms with Gasteiger partial charge in [-0.05, 0) is 25.0 Å². The Morgan fingerprint density at radius 3 is 2.76 bits per heavy atom. The number of hydrogen-bond acceptors (Lipinski definition) is 4. The van der Waals surface area contributed by atoms with Crippen LogP contribution in [0.15, 0.2) is 24.4 Å². The third-order valence-corrected chi connectivity index (χ3v) is 6.00. The van der Waals surface area contributed by atoms with E-state index in [9.17, 15) is 8.42 Å². The molecule has 2 unspecified atom stereocenters. The Bertz CT molecular complexity index is 533. The molecule has 0 amide bonds. The Kier molecular flexibility index (Phi) is 5.72. The van der Waals surface area contributed by atoms with E-state index in [1.807, 2.05) is 25.1 Å². The van der Waals surface area contributed by atoms with Crippen LogP contribution >= 0.6 is 0 Å². The summed E-state index contributed by atoms with van der Waals surface area (Å²) in [6.07, 6.45) is 3.96. The monoisotopic (exact) mass is 311 g/mol. The number of hydrogen-bond donors (Lipinski definition) is 1. The van der Waals surface area contributed by atoms with Crippen molar-refractivity contribution in [3.8, 4) is 0 Å². The van der Waals surface area contributed by atoms with Gasteiger partial charge in [0.25, 0.3) is 0 Å². The van der Waals surface area contributed by atoms with Crippen molar-refractivity contribution in [1.29, 1.82) is 0 Å². The Hall–Kier alpha value is -0.980. The third kappa shape index (κ3) is 4.25. The number of aryl methyl sites for hydroxylation is 1. The third-order valence-electron chi connectivity index (χ3n) is 4.11. The molecule has 0 aliphatic carbocycles. The Morgan fingerprint density at radius 1 is 1.33 bits per heavy atom. The van der Waals surface area contributed by atoms with Gasteiger partial charge in [0.2, 0.25) is 10.0 Å². The molecule has 6 heteroatoms. The minimum absolute atomic E-state index is 0.0709. The molecule has 2 atom stereocenters. The minimum Gasteiger partial charge on any atom is -0.311 e. The van der Waals surface area contributed by atoms with Crippen LogP contribution in [0.5, 0.6) is 0 Å². The highest BCUT2D eigenvalue weighted by atomic mass is 32.2. The van der Waals surface area contributed by atoms with Crippen molar-refractivity contribution >= 4 is 10.0 Å². The molecule has 1 fully saturated rings. The molecule has 5 nitrogen and oxygen atoms in total. The second-order valence-electron chi connectivity index (χ2n) is 5.53. The zero-order valence-corrected chi connectivity index (χ0v) is 13.6. The topological polar surface area (TPSA) is 62.3 Å². The first kappa shape index (κ1) is 16.4. The first-order chi connectivity index (χ1) is 10.1. The molecular formula is C15H25N3O2S. The van der Waals surface area contributed by atoms with Crippen LogP contribution in [0.3, 0.4) is 0 Å². The summed E-state index contributed by atoms with van der Waals surface area (Å²) in [5.74, 6) is 0.136. The smallest absolute Gasteiger partial charge is 0.214 e. The van der Waals surface area contributed by atoms with E-state index in [0.29, 0.717) is 13.0 Å². The summed E-state index contributed by atoms with van der Waals surface area (Å²) in [4.78, 5) is 4.20. The summed E-state index contributed by atoms with van der Waals surface area (Å²) < 4.78 is 27.0. The van der Waals surface area contributed by atoms with Gasteiger partial charge in [-0.2, -0.15) is 4.31 Å². The number of nitrogens with one attached hydrogen (secondary N) is 1. The molecule has 0 spiro atoms. The lowest BCUT2D eigenvalue weighted by Gasteiger charge is -2.38. The fraction of sp³-hybridized carbons (Fsp3) is 0.667. The van der Waals surface area contributed by atoms with E-state index in [0.717, 1.165) is 25.1 Å². The molecule has 1 N–H and O–H groups in total. The van der Waals surface area contributed by atoms with Crippen LogP contribution in [-0.2, 0) is 16.4 Å². The fourth-order valence-corrected chi connectivity index (χ4v) is 4.48. The van der Waals surface area contributed by atoms with Crippen LogP contribution in [-0.4, -0.2) is 48.6 Å². The van der Waals surface area contributed by atoms with Gasteiger partial charge in [0.1, 0.15) is 0 Å². The van der Waals surface area contributed by atoms with Gasteiger partial charge in [0, 0.05) is 43.5 Å². The van der Waals surface area contributed by atoms with E-state index in [-0.39, 0.29) is 17.8 Å². The Balaban J connectivity index is 2.05. The summed E-state index contributed by atoms with van der Waals surface area (Å²) in [5.41, 5.74) is 0.830. The molecule has 1 saturated heterocycles. The number of nitrogens with zero attached hydrogens (tertiary/aromatic N) is 2. The van der Waals surface area contributed by atoms with Gasteiger partial charge >= 0.3 is 0 Å². The molecule has 0 saturated carbocycles. The van der Waals surface area contributed by atoms with Gasteiger partial charge in [-0.25, -0.2) is 8.42 Å². The molecular weight excluding hydrogens is 286 g/mol. The van der Waals surface area contributed by atoms with Crippen molar-refractivity contribution in [2.45, 2.75) is 45.2 Å². The minimum atomic E-state index is -3.23. The van der Waals surface area contributed by atoms with Crippen LogP contribution in [0.4, 0.5) is 0 Å². The van der Waals surface area contributed by atoms with Gasteiger partial charge in [0.15, 0.2) is 0 Å². The van der Waals surface area contributed by atoms with Gasteiger partial charge in [-0.1, -0.05) is 19.9 Å². The molecule has 118 valence electrons. The lowest BCUT2D eigenvalue weighted by molar-refractivity contribution is 0.215. The first-order valence-corrected chi connectivity index (χ1v) is 9.30. The predicted molar refractivity (Wildman–Crippen MR) is 84.6 cm³/mol. The average Bonchev–Trinajstić information content (AvgIpc) is 2.53. The normalized spacial score (nSPS) is 24.1. The number of piperazine rings is 1. The molecule has 0 bridgehead atoms. The van der Waals surface area contributed by atoms with E-state index in [1.165, 1.54) is 0 Å². The fourth-order valence-electron chi connectivity index (χ4n) is 2.69. The van der Waals surface area contributed by atoms with Crippen LogP contribution in [0.2, 0.25) is 0 Å². The number of rotatable bonds is 6. The van der Waals surface area contributed by atoms with Crippen LogP contribution in [0.1, 0.15) is 32.4 Å². The highest BCUT2D eigenvalue weighted by Gasteiger charge is 2.34. The van der Waals surface area contributed by atoms with E-state index >= 15 is 0 Å². The van der Waals surface area contributed by atoms with E-state index in [1.54, 1.807) is 10.5 Å². The van der Waals surface area contributed by atoms with Crippen molar-refractivity contribution in [3.05, 3.63) is 30.1 Å². The van der Waals surface area contributed by atoms with Gasteiger partial charge in [0.05, 0.1) is 5.75 Å². The van der Waals surface area contributed by atoms with Crippen molar-refractivity contribution < 1.29 is 8.42 Å². The number of pyridine rings is 1. The Labute approximate surface area is 127 Å². The summed E-state index contributed by atoms with van der Waals surface area (Å²) in [7, 11) is -3.23. The second kappa shape index (κ2) is 7.33. The summed E-state index contributed by atoms with van der Waals surface area (Å²) in [5, 5.41) is 3.43. The molecule has 2 rings (SSSR count). The van der Waals surface area contributed by atoms with Gasteiger partial charge in [-0.15, -0.1) is 0 Å². The molecule has 1 aromatic rings. The second-order valence-corrected chi connectivity index (χ2v) is 7.57. The molecule has 1 aromatic heterocycles. The van der Waals surface area contributed by atoms with Crippen LogP contribution in [0, 0.1) is 0 Å². The lowest BCUT2D eigenvalue weighted by atomic mass is 10.1. The standard InChI is InChI=1S/C15H25N3O2S/c1-3-13-12-18(15(4-2)11-17-13)21(19,20)10-8-14-7-5-6-9-16-14/h5-7,9,13,15,17H,3-4,8,10-12H2,1-2H3. The average molecular weight is 311 g/mol. The summed E-state index contributed by atoms with van der Waals surface area (Å²) >= 11 is 0. The van der Waals surface area contributed by atoms with E-state index < -0.39 is 10.0 Å². The maximum atomic E-state index is 12.7. The highest BCUT2D eigenvalue weighted by Crippen LogP contribution is 2.17. The van der Waals surface area contributed by atoms with Crippen molar-refractivity contribution in [2.24, 2.45) is 0 Å².